The van der Waals surface area contributed by atoms with Gasteiger partial charge in [-0.3, -0.25) is 0 Å². The van der Waals surface area contributed by atoms with Gasteiger partial charge < -0.3 is 15.5 Å². The van der Waals surface area contributed by atoms with E-state index in [1.165, 1.54) is 32.4 Å². The molecule has 1 fully saturated rings. The molecule has 2 N–H and O–H groups in total. The number of nitrogens with zero attached hydrogens (tertiary/aromatic N) is 3. The summed E-state index contributed by atoms with van der Waals surface area (Å²) in [6, 6.07) is 2.00. The molecule has 0 radical (unpaired) electrons. The van der Waals surface area contributed by atoms with Crippen LogP contribution in [-0.4, -0.2) is 47.6 Å². The molecular weight excluding hydrogens is 250 g/mol. The number of rotatable bonds is 7. The average molecular weight is 277 g/mol. The summed E-state index contributed by atoms with van der Waals surface area (Å²) in [5.41, 5.74) is 0. The Bertz CT molecular complexity index is 401. The topological polar surface area (TPSA) is 53.1 Å². The average Bonchev–Trinajstić information content (AvgIpc) is 2.46. The minimum atomic E-state index is 0.812. The van der Waals surface area contributed by atoms with E-state index in [2.05, 4.69) is 32.4 Å². The Hall–Kier alpha value is -1.36. The van der Waals surface area contributed by atoms with E-state index in [0.717, 1.165) is 43.5 Å². The summed E-state index contributed by atoms with van der Waals surface area (Å²) in [5.74, 6) is 2.65. The minimum absolute atomic E-state index is 0.812. The van der Waals surface area contributed by atoms with Gasteiger partial charge in [0.1, 0.15) is 17.5 Å². The highest BCUT2D eigenvalue weighted by Crippen LogP contribution is 2.12. The van der Waals surface area contributed by atoms with Crippen LogP contribution in [0.3, 0.4) is 0 Å². The quantitative estimate of drug-likeness (QED) is 0.802. The molecule has 1 aromatic rings. The normalized spacial score (nSPS) is 16.1. The summed E-state index contributed by atoms with van der Waals surface area (Å²) < 4.78 is 0. The van der Waals surface area contributed by atoms with Gasteiger partial charge in [-0.05, 0) is 39.3 Å². The highest BCUT2D eigenvalue weighted by atomic mass is 15.2. The first-order valence-corrected chi connectivity index (χ1v) is 7.83. The molecule has 1 aliphatic heterocycles. The van der Waals surface area contributed by atoms with Gasteiger partial charge in [0.15, 0.2) is 0 Å². The van der Waals surface area contributed by atoms with Crippen LogP contribution in [-0.2, 0) is 0 Å². The molecule has 0 saturated carbocycles. The van der Waals surface area contributed by atoms with Gasteiger partial charge >= 0.3 is 0 Å². The maximum atomic E-state index is 4.44. The van der Waals surface area contributed by atoms with E-state index in [4.69, 9.17) is 0 Å². The second-order valence-electron chi connectivity index (χ2n) is 5.44. The first-order chi connectivity index (χ1) is 9.78. The lowest BCUT2D eigenvalue weighted by Crippen LogP contribution is -2.33. The van der Waals surface area contributed by atoms with Crippen molar-refractivity contribution in [1.29, 1.82) is 0 Å². The van der Waals surface area contributed by atoms with E-state index in [9.17, 15) is 0 Å². The molecule has 0 aliphatic carbocycles. The molecule has 20 heavy (non-hydrogen) atoms. The maximum Gasteiger partial charge on any atom is 0.131 e. The largest absolute Gasteiger partial charge is 0.370 e. The van der Waals surface area contributed by atoms with Gasteiger partial charge in [0.25, 0.3) is 0 Å². The summed E-state index contributed by atoms with van der Waals surface area (Å²) in [7, 11) is 0. The van der Waals surface area contributed by atoms with E-state index in [0.29, 0.717) is 0 Å². The minimum Gasteiger partial charge on any atom is -0.370 e. The third-order valence-corrected chi connectivity index (χ3v) is 3.58. The third-order valence-electron chi connectivity index (χ3n) is 3.58. The van der Waals surface area contributed by atoms with Crippen LogP contribution in [0.2, 0.25) is 0 Å². The number of hydrogen-bond acceptors (Lipinski definition) is 5. The van der Waals surface area contributed by atoms with Crippen LogP contribution in [0.25, 0.3) is 0 Å². The Balaban J connectivity index is 1.80. The van der Waals surface area contributed by atoms with Gasteiger partial charge in [-0.2, -0.15) is 0 Å². The SMILES string of the molecule is CCCNc1cc(NCCN2CCCCC2)nc(C)n1. The molecule has 0 atom stereocenters. The summed E-state index contributed by atoms with van der Waals surface area (Å²) >= 11 is 0. The zero-order valence-electron chi connectivity index (χ0n) is 12.8. The van der Waals surface area contributed by atoms with Gasteiger partial charge in [0, 0.05) is 25.7 Å². The number of anilines is 2. The van der Waals surface area contributed by atoms with Gasteiger partial charge in [-0.1, -0.05) is 13.3 Å². The fourth-order valence-corrected chi connectivity index (χ4v) is 2.53. The molecule has 5 nitrogen and oxygen atoms in total. The van der Waals surface area contributed by atoms with Crippen molar-refractivity contribution in [1.82, 2.24) is 14.9 Å². The molecule has 1 saturated heterocycles. The van der Waals surface area contributed by atoms with Crippen molar-refractivity contribution >= 4 is 11.6 Å². The van der Waals surface area contributed by atoms with E-state index in [1.807, 2.05) is 13.0 Å². The highest BCUT2D eigenvalue weighted by Gasteiger charge is 2.09. The van der Waals surface area contributed by atoms with Crippen LogP contribution in [0.1, 0.15) is 38.4 Å². The number of hydrogen-bond donors (Lipinski definition) is 2. The molecule has 5 heteroatoms. The maximum absolute atomic E-state index is 4.44. The molecule has 2 rings (SSSR count). The highest BCUT2D eigenvalue weighted by molar-refractivity contribution is 5.47. The molecule has 0 spiro atoms. The van der Waals surface area contributed by atoms with Crippen LogP contribution < -0.4 is 10.6 Å². The van der Waals surface area contributed by atoms with Crippen molar-refractivity contribution in [2.45, 2.75) is 39.5 Å². The number of aromatic nitrogens is 2. The van der Waals surface area contributed by atoms with Crippen molar-refractivity contribution < 1.29 is 0 Å². The van der Waals surface area contributed by atoms with Crippen LogP contribution in [0.15, 0.2) is 6.07 Å². The van der Waals surface area contributed by atoms with E-state index >= 15 is 0 Å². The number of aryl methyl sites for hydroxylation is 1. The summed E-state index contributed by atoms with van der Waals surface area (Å²) in [6.07, 6.45) is 5.18. The molecule has 0 bridgehead atoms. The lowest BCUT2D eigenvalue weighted by Gasteiger charge is -2.26. The molecule has 1 aliphatic rings. The predicted octanol–water partition coefficient (Wildman–Crippen LogP) is 2.50. The molecule has 2 heterocycles. The second kappa shape index (κ2) is 8.04. The fraction of sp³-hybridized carbons (Fsp3) is 0.733. The van der Waals surface area contributed by atoms with Crippen LogP contribution in [0, 0.1) is 6.92 Å². The number of likely N-dealkylation sites (tertiary alicyclic amines) is 1. The summed E-state index contributed by atoms with van der Waals surface area (Å²) in [4.78, 5) is 11.4. The molecular formula is C15H27N5. The Labute approximate surface area is 122 Å². The second-order valence-corrected chi connectivity index (χ2v) is 5.44. The molecule has 1 aromatic heterocycles. The standard InChI is InChI=1S/C15H27N5/c1-3-7-16-14-12-15(19-13(2)18-14)17-8-11-20-9-5-4-6-10-20/h12H,3-11H2,1-2H3,(H2,16,17,18,19). The van der Waals surface area contributed by atoms with Gasteiger partial charge in [-0.25, -0.2) is 9.97 Å². The fourth-order valence-electron chi connectivity index (χ4n) is 2.53. The molecule has 0 aromatic carbocycles. The zero-order chi connectivity index (χ0) is 14.2. The Morgan fingerprint density at radius 1 is 1.05 bits per heavy atom. The van der Waals surface area contributed by atoms with Crippen LogP contribution in [0.5, 0.6) is 0 Å². The third kappa shape index (κ3) is 4.96. The Morgan fingerprint density at radius 3 is 2.35 bits per heavy atom. The van der Waals surface area contributed by atoms with Gasteiger partial charge in [0.05, 0.1) is 0 Å². The lowest BCUT2D eigenvalue weighted by molar-refractivity contribution is 0.237. The smallest absolute Gasteiger partial charge is 0.131 e. The van der Waals surface area contributed by atoms with E-state index in [1.54, 1.807) is 0 Å². The van der Waals surface area contributed by atoms with E-state index < -0.39 is 0 Å². The molecule has 112 valence electrons. The van der Waals surface area contributed by atoms with Crippen molar-refractivity contribution in [3.8, 4) is 0 Å². The lowest BCUT2D eigenvalue weighted by atomic mass is 10.1. The number of nitrogens with one attached hydrogen (secondary N) is 2. The van der Waals surface area contributed by atoms with Crippen LogP contribution in [0.4, 0.5) is 11.6 Å². The molecule has 0 amide bonds. The predicted molar refractivity (Wildman–Crippen MR) is 84.3 cm³/mol. The first kappa shape index (κ1) is 15.0. The van der Waals surface area contributed by atoms with Crippen molar-refractivity contribution in [2.75, 3.05) is 43.4 Å². The van der Waals surface area contributed by atoms with Crippen LogP contribution >= 0.6 is 0 Å². The van der Waals surface area contributed by atoms with Gasteiger partial charge in [-0.15, -0.1) is 0 Å². The van der Waals surface area contributed by atoms with E-state index in [-0.39, 0.29) is 0 Å². The van der Waals surface area contributed by atoms with Crippen molar-refractivity contribution in [2.24, 2.45) is 0 Å². The van der Waals surface area contributed by atoms with Crippen molar-refractivity contribution in [3.05, 3.63) is 11.9 Å². The molecule has 0 unspecified atom stereocenters. The monoisotopic (exact) mass is 277 g/mol. The Kier molecular flexibility index (Phi) is 6.05. The zero-order valence-corrected chi connectivity index (χ0v) is 12.8. The first-order valence-electron chi connectivity index (χ1n) is 7.83. The number of piperidine rings is 1. The Morgan fingerprint density at radius 2 is 1.70 bits per heavy atom. The van der Waals surface area contributed by atoms with Crippen molar-refractivity contribution in [3.63, 3.8) is 0 Å². The summed E-state index contributed by atoms with van der Waals surface area (Å²) in [5, 5.41) is 6.73. The van der Waals surface area contributed by atoms with Gasteiger partial charge in [0.2, 0.25) is 0 Å². The summed E-state index contributed by atoms with van der Waals surface area (Å²) in [6.45, 7) is 9.57.